The van der Waals surface area contributed by atoms with Crippen LogP contribution >= 0.6 is 12.2 Å². The van der Waals surface area contributed by atoms with Crippen molar-refractivity contribution >= 4 is 28.7 Å². The van der Waals surface area contributed by atoms with Gasteiger partial charge in [-0.25, -0.2) is 0 Å². The molecule has 0 saturated heterocycles. The molecule has 136 valence electrons. The maximum absolute atomic E-state index is 12.1. The first-order chi connectivity index (χ1) is 11.2. The number of hydrogen-bond acceptors (Lipinski definition) is 2. The van der Waals surface area contributed by atoms with Crippen LogP contribution in [-0.4, -0.2) is 11.5 Å². The second-order valence-corrected chi connectivity index (χ2v) is 5.84. The third-order valence-corrected chi connectivity index (χ3v) is 3.39. The summed E-state index contributed by atoms with van der Waals surface area (Å²) >= 11 is 5.19. The number of ether oxygens (including phenoxy) is 1. The van der Waals surface area contributed by atoms with Gasteiger partial charge in [0.1, 0.15) is 5.75 Å². The van der Waals surface area contributed by atoms with Crippen molar-refractivity contribution in [3.8, 4) is 5.75 Å². The summed E-state index contributed by atoms with van der Waals surface area (Å²) in [5.41, 5.74) is 2.61. The van der Waals surface area contributed by atoms with Crippen molar-refractivity contribution in [1.82, 2.24) is 0 Å². The predicted molar refractivity (Wildman–Crippen MR) is 93.5 cm³/mol. The first-order valence-electron chi connectivity index (χ1n) is 7.27. The second kappa shape index (κ2) is 8.92. The summed E-state index contributed by atoms with van der Waals surface area (Å²) in [6.45, 7) is 4.22. The van der Waals surface area contributed by atoms with Crippen molar-refractivity contribution in [1.29, 1.82) is 0 Å². The number of benzene rings is 2. The van der Waals surface area contributed by atoms with Crippen molar-refractivity contribution in [2.24, 2.45) is 0 Å². The van der Waals surface area contributed by atoms with Crippen molar-refractivity contribution < 1.29 is 30.3 Å². The highest BCUT2D eigenvalue weighted by molar-refractivity contribution is 7.80. The van der Waals surface area contributed by atoms with Crippen LogP contribution in [0, 0.1) is 0 Å². The number of rotatable bonds is 4. The summed E-state index contributed by atoms with van der Waals surface area (Å²) in [5.74, 6) is 0.165. The monoisotopic (exact) mass is 389 g/mol. The maximum atomic E-state index is 12.1. The lowest BCUT2D eigenvalue weighted by Crippen LogP contribution is -3.00. The van der Waals surface area contributed by atoms with Crippen molar-refractivity contribution in [2.45, 2.75) is 26.1 Å². The van der Waals surface area contributed by atoms with Gasteiger partial charge in [0.25, 0.3) is 0 Å². The Balaban J connectivity index is 0.00000312. The molecule has 0 aliphatic rings. The summed E-state index contributed by atoms with van der Waals surface area (Å²) in [7, 11) is 0. The van der Waals surface area contributed by atoms with Crippen LogP contribution in [0.4, 0.5) is 24.5 Å². The molecule has 0 amide bonds. The molecule has 0 aromatic heterocycles. The third-order valence-electron chi connectivity index (χ3n) is 3.18. The van der Waals surface area contributed by atoms with E-state index in [1.54, 1.807) is 0 Å². The Labute approximate surface area is 156 Å². The molecule has 2 aromatic rings. The second-order valence-electron chi connectivity index (χ2n) is 5.43. The van der Waals surface area contributed by atoms with E-state index in [4.69, 9.17) is 12.2 Å². The first-order valence-corrected chi connectivity index (χ1v) is 7.67. The highest BCUT2D eigenvalue weighted by atomic mass is 35.5. The van der Waals surface area contributed by atoms with Gasteiger partial charge >= 0.3 is 6.36 Å². The zero-order valence-corrected chi connectivity index (χ0v) is 15.1. The van der Waals surface area contributed by atoms with Gasteiger partial charge < -0.3 is 27.8 Å². The molecule has 0 atom stereocenters. The van der Waals surface area contributed by atoms with Gasteiger partial charge in [0.15, 0.2) is 5.11 Å². The van der Waals surface area contributed by atoms with Crippen LogP contribution in [0.3, 0.4) is 0 Å². The topological polar surface area (TPSA) is 33.3 Å². The van der Waals surface area contributed by atoms with E-state index < -0.39 is 6.36 Å². The highest BCUT2D eigenvalue weighted by Gasteiger charge is 2.30. The van der Waals surface area contributed by atoms with E-state index in [-0.39, 0.29) is 18.2 Å². The average molecular weight is 390 g/mol. The lowest BCUT2D eigenvalue weighted by molar-refractivity contribution is -0.274. The molecule has 0 heterocycles. The van der Waals surface area contributed by atoms with Crippen LogP contribution in [0.15, 0.2) is 48.5 Å². The number of anilines is 2. The van der Waals surface area contributed by atoms with Crippen molar-refractivity contribution in [3.05, 3.63) is 54.1 Å². The lowest BCUT2D eigenvalue weighted by Gasteiger charge is -2.13. The van der Waals surface area contributed by atoms with Crippen LogP contribution in [0.1, 0.15) is 25.3 Å². The van der Waals surface area contributed by atoms with Crippen molar-refractivity contribution in [3.63, 3.8) is 0 Å². The molecule has 3 nitrogen and oxygen atoms in total. The minimum atomic E-state index is -4.70. The number of thiocarbonyl (C=S) groups is 1. The first kappa shape index (κ1) is 21.1. The third kappa shape index (κ3) is 7.19. The van der Waals surface area contributed by atoms with Gasteiger partial charge in [0.2, 0.25) is 0 Å². The summed E-state index contributed by atoms with van der Waals surface area (Å²) in [4.78, 5) is 0. The molecule has 2 aromatic carbocycles. The highest BCUT2D eigenvalue weighted by Crippen LogP contribution is 2.24. The molecule has 0 aliphatic heterocycles. The zero-order chi connectivity index (χ0) is 17.7. The Morgan fingerprint density at radius 2 is 1.36 bits per heavy atom. The van der Waals surface area contributed by atoms with Gasteiger partial charge in [-0.15, -0.1) is 13.2 Å². The Hall–Kier alpha value is -1.99. The predicted octanol–water partition coefficient (Wildman–Crippen LogP) is 2.52. The Kier molecular flexibility index (Phi) is 7.51. The largest absolute Gasteiger partial charge is 1.00 e. The van der Waals surface area contributed by atoms with E-state index in [0.717, 1.165) is 5.69 Å². The van der Waals surface area contributed by atoms with Gasteiger partial charge in [-0.05, 0) is 60.1 Å². The summed E-state index contributed by atoms with van der Waals surface area (Å²) in [5, 5.41) is 6.26. The summed E-state index contributed by atoms with van der Waals surface area (Å²) < 4.78 is 40.1. The van der Waals surface area contributed by atoms with Gasteiger partial charge in [-0.3, -0.25) is 0 Å². The maximum Gasteiger partial charge on any atom is 0.573 e. The zero-order valence-electron chi connectivity index (χ0n) is 13.5. The lowest BCUT2D eigenvalue weighted by atomic mass is 10.0. The van der Waals surface area contributed by atoms with E-state index in [1.807, 2.05) is 24.3 Å². The van der Waals surface area contributed by atoms with Crippen LogP contribution in [0.2, 0.25) is 0 Å². The van der Waals surface area contributed by atoms with Crippen LogP contribution in [0.5, 0.6) is 5.75 Å². The Morgan fingerprint density at radius 1 is 0.920 bits per heavy atom. The number of hydrogen-bond donors (Lipinski definition) is 2. The number of nitrogens with one attached hydrogen (secondary N) is 2. The molecular weight excluding hydrogens is 373 g/mol. The number of alkyl halides is 3. The van der Waals surface area contributed by atoms with Crippen molar-refractivity contribution in [2.75, 3.05) is 10.6 Å². The molecule has 2 N–H and O–H groups in total. The Morgan fingerprint density at radius 3 is 1.76 bits per heavy atom. The molecule has 0 unspecified atom stereocenters. The fourth-order valence-electron chi connectivity index (χ4n) is 1.98. The van der Waals surface area contributed by atoms with E-state index in [9.17, 15) is 13.2 Å². The molecular formula is C17H17ClF3N2OS-. The SMILES string of the molecule is CC(C)c1ccc(NC(=S)Nc2ccc(OC(F)(F)F)cc2)cc1.[Cl-]. The van der Waals surface area contributed by atoms with E-state index in [1.165, 1.54) is 29.8 Å². The van der Waals surface area contributed by atoms with Gasteiger partial charge in [0.05, 0.1) is 0 Å². The molecule has 25 heavy (non-hydrogen) atoms. The summed E-state index contributed by atoms with van der Waals surface area (Å²) in [6, 6.07) is 13.2. The van der Waals surface area contributed by atoms with E-state index in [2.05, 4.69) is 29.2 Å². The molecule has 0 radical (unpaired) electrons. The molecule has 0 spiro atoms. The van der Waals surface area contributed by atoms with Crippen LogP contribution < -0.4 is 27.8 Å². The minimum absolute atomic E-state index is 0. The Bertz CT molecular complexity index is 689. The quantitative estimate of drug-likeness (QED) is 0.787. The van der Waals surface area contributed by atoms with Gasteiger partial charge in [-0.2, -0.15) is 0 Å². The molecule has 8 heteroatoms. The number of halogens is 4. The van der Waals surface area contributed by atoms with E-state index >= 15 is 0 Å². The molecule has 0 fully saturated rings. The van der Waals surface area contributed by atoms with E-state index in [0.29, 0.717) is 16.7 Å². The average Bonchev–Trinajstić information content (AvgIpc) is 2.48. The standard InChI is InChI=1S/C17H17F3N2OS.ClH/c1-11(2)12-3-5-13(6-4-12)21-16(24)22-14-7-9-15(10-8-14)23-17(18,19)20;/h3-11H,1-2H3,(H2,21,22,24);1H/p-1. The fourth-order valence-corrected chi connectivity index (χ4v) is 2.22. The normalized spacial score (nSPS) is 10.8. The molecule has 2 rings (SSSR count). The fraction of sp³-hybridized carbons (Fsp3) is 0.235. The molecule has 0 aliphatic carbocycles. The van der Waals surface area contributed by atoms with Crippen LogP contribution in [0.25, 0.3) is 0 Å². The minimum Gasteiger partial charge on any atom is -1.00 e. The van der Waals surface area contributed by atoms with Gasteiger partial charge in [-0.1, -0.05) is 26.0 Å². The van der Waals surface area contributed by atoms with Gasteiger partial charge in [0, 0.05) is 11.4 Å². The smallest absolute Gasteiger partial charge is 0.573 e. The summed E-state index contributed by atoms with van der Waals surface area (Å²) in [6.07, 6.45) is -4.70. The molecule has 0 saturated carbocycles. The molecule has 0 bridgehead atoms. The van der Waals surface area contributed by atoms with Crippen LogP contribution in [-0.2, 0) is 0 Å².